The second-order valence-electron chi connectivity index (χ2n) is 8.97. The maximum absolute atomic E-state index is 13.4. The molecular weight excluding hydrogens is 563 g/mol. The number of carbonyl (C=O) groups excluding carboxylic acids is 2. The van der Waals surface area contributed by atoms with E-state index in [4.69, 9.17) is 38.4 Å². The number of rotatable bonds is 13. The molecule has 2 aromatic rings. The molecule has 13 heteroatoms. The molecule has 1 aliphatic heterocycles. The fourth-order valence-corrected chi connectivity index (χ4v) is 4.61. The predicted octanol–water partition coefficient (Wildman–Crippen LogP) is 3.94. The van der Waals surface area contributed by atoms with Gasteiger partial charge in [-0.2, -0.15) is 0 Å². The van der Waals surface area contributed by atoms with Gasteiger partial charge in [0.2, 0.25) is 0 Å². The molecule has 40 heavy (non-hydrogen) atoms. The Bertz CT molecular complexity index is 1300. The molecule has 1 unspecified atom stereocenters. The summed E-state index contributed by atoms with van der Waals surface area (Å²) >= 11 is 12.8. The summed E-state index contributed by atoms with van der Waals surface area (Å²) in [5, 5.41) is 12.6. The Morgan fingerprint density at radius 2 is 1.70 bits per heavy atom. The van der Waals surface area contributed by atoms with Gasteiger partial charge in [0.1, 0.15) is 12.4 Å². The molecule has 0 radical (unpaired) electrons. The van der Waals surface area contributed by atoms with E-state index in [-0.39, 0.29) is 53.3 Å². The summed E-state index contributed by atoms with van der Waals surface area (Å²) < 4.78 is 10.9. The van der Waals surface area contributed by atoms with Crippen molar-refractivity contribution >= 4 is 35.1 Å². The van der Waals surface area contributed by atoms with E-state index in [0.717, 1.165) is 5.56 Å². The van der Waals surface area contributed by atoms with Gasteiger partial charge in [0.05, 0.1) is 40.3 Å². The minimum absolute atomic E-state index is 0.00267. The van der Waals surface area contributed by atoms with Crippen LogP contribution in [0.15, 0.2) is 71.2 Å². The fourth-order valence-electron chi connectivity index (χ4n) is 4.19. The lowest BCUT2D eigenvalue weighted by Gasteiger charge is -2.30. The van der Waals surface area contributed by atoms with E-state index in [0.29, 0.717) is 24.4 Å². The number of halogens is 2. The van der Waals surface area contributed by atoms with Crippen molar-refractivity contribution in [3.8, 4) is 0 Å². The van der Waals surface area contributed by atoms with E-state index < -0.39 is 22.9 Å². The monoisotopic (exact) mass is 592 g/mol. The maximum atomic E-state index is 13.4. The van der Waals surface area contributed by atoms with Crippen molar-refractivity contribution in [1.82, 2.24) is 10.2 Å². The lowest BCUT2D eigenvalue weighted by molar-refractivity contribution is -0.757. The lowest BCUT2D eigenvalue weighted by Crippen LogP contribution is -2.37. The van der Waals surface area contributed by atoms with E-state index in [9.17, 15) is 19.7 Å². The molecule has 1 aliphatic rings. The number of dihydropyridines is 1. The third-order valence-electron chi connectivity index (χ3n) is 6.05. The standard InChI is InChI=1S/C27H30Cl2N4O7/c1-17-21(26(34)38-13-7-14-40-33(36)37)22(19-10-6-11-20(28)24(19)29)23(25(30)31-17)27(35)39-15-12-32(2)16-18-8-4-3-5-9-18/h3-6,8-11,22,31H,7,12-16,30H2,1-2H3. The predicted molar refractivity (Wildman–Crippen MR) is 149 cm³/mol. The van der Waals surface area contributed by atoms with Crippen LogP contribution in [0.2, 0.25) is 10.0 Å². The maximum Gasteiger partial charge on any atom is 0.338 e. The number of hydrogen-bond donors (Lipinski definition) is 2. The third-order valence-corrected chi connectivity index (χ3v) is 6.88. The van der Waals surface area contributed by atoms with E-state index in [2.05, 4.69) is 10.2 Å². The third kappa shape index (κ3) is 8.10. The summed E-state index contributed by atoms with van der Waals surface area (Å²) in [4.78, 5) is 43.3. The molecule has 214 valence electrons. The molecule has 1 atom stereocenters. The van der Waals surface area contributed by atoms with Gasteiger partial charge in [-0.25, -0.2) is 9.59 Å². The zero-order valence-corrected chi connectivity index (χ0v) is 23.5. The molecule has 3 N–H and O–H groups in total. The largest absolute Gasteiger partial charge is 0.462 e. The molecule has 11 nitrogen and oxygen atoms in total. The molecule has 1 heterocycles. The van der Waals surface area contributed by atoms with Crippen LogP contribution in [0.25, 0.3) is 0 Å². The molecular formula is C27H30Cl2N4O7. The van der Waals surface area contributed by atoms with Crippen molar-refractivity contribution in [2.24, 2.45) is 5.73 Å². The number of ether oxygens (including phenoxy) is 2. The van der Waals surface area contributed by atoms with Crippen molar-refractivity contribution in [1.29, 1.82) is 0 Å². The van der Waals surface area contributed by atoms with Gasteiger partial charge in [0, 0.05) is 25.2 Å². The molecule has 0 spiro atoms. The van der Waals surface area contributed by atoms with Crippen LogP contribution >= 0.6 is 23.2 Å². The molecule has 0 saturated heterocycles. The van der Waals surface area contributed by atoms with E-state index in [1.54, 1.807) is 25.1 Å². The number of likely N-dealkylation sites (N-methyl/N-ethyl adjacent to an activating group) is 1. The molecule has 3 rings (SSSR count). The number of benzene rings is 2. The van der Waals surface area contributed by atoms with Crippen LogP contribution in [0, 0.1) is 10.1 Å². The first-order valence-corrected chi connectivity index (χ1v) is 13.1. The molecule has 0 amide bonds. The van der Waals surface area contributed by atoms with Crippen LogP contribution in [0.4, 0.5) is 0 Å². The van der Waals surface area contributed by atoms with Crippen molar-refractivity contribution in [3.63, 3.8) is 0 Å². The molecule has 0 bridgehead atoms. The quantitative estimate of drug-likeness (QED) is 0.152. The van der Waals surface area contributed by atoms with Crippen LogP contribution < -0.4 is 11.1 Å². The van der Waals surface area contributed by atoms with Crippen molar-refractivity contribution in [2.75, 3.05) is 33.4 Å². The Kier molecular flexibility index (Phi) is 11.2. The van der Waals surface area contributed by atoms with Gasteiger partial charge in [-0.1, -0.05) is 65.7 Å². The smallest absolute Gasteiger partial charge is 0.338 e. The van der Waals surface area contributed by atoms with Gasteiger partial charge in [-0.05, 0) is 31.2 Å². The highest BCUT2D eigenvalue weighted by molar-refractivity contribution is 6.42. The summed E-state index contributed by atoms with van der Waals surface area (Å²) in [5.41, 5.74) is 8.12. The van der Waals surface area contributed by atoms with Gasteiger partial charge in [0.15, 0.2) is 0 Å². The Balaban J connectivity index is 1.80. The first kappa shape index (κ1) is 30.7. The lowest BCUT2D eigenvalue weighted by atomic mass is 9.81. The average molecular weight is 593 g/mol. The normalized spacial score (nSPS) is 15.1. The number of allylic oxidation sites excluding steroid dienone is 1. The van der Waals surface area contributed by atoms with Crippen molar-refractivity contribution in [2.45, 2.75) is 25.8 Å². The SMILES string of the molecule is CC1=C(C(=O)OCCCO[N+](=O)[O-])C(c2cccc(Cl)c2Cl)C(C(=O)OCCN(C)Cc2ccccc2)=C(N)N1. The first-order valence-electron chi connectivity index (χ1n) is 12.4. The summed E-state index contributed by atoms with van der Waals surface area (Å²) in [6.07, 6.45) is 0.0818. The number of nitrogens with zero attached hydrogens (tertiary/aromatic N) is 2. The second-order valence-corrected chi connectivity index (χ2v) is 9.76. The van der Waals surface area contributed by atoms with Crippen LogP contribution in [-0.2, 0) is 30.4 Å². The van der Waals surface area contributed by atoms with Gasteiger partial charge in [-0.15, -0.1) is 10.1 Å². The van der Waals surface area contributed by atoms with Crippen molar-refractivity contribution in [3.05, 3.63) is 102 Å². The minimum Gasteiger partial charge on any atom is -0.462 e. The zero-order chi connectivity index (χ0) is 29.2. The Labute approximate surface area is 241 Å². The fraction of sp³-hybridized carbons (Fsp3) is 0.333. The second kappa shape index (κ2) is 14.5. The number of carbonyl (C=O) groups is 2. The molecule has 2 aromatic carbocycles. The van der Waals surface area contributed by atoms with Crippen molar-refractivity contribution < 1.29 is 29.0 Å². The van der Waals surface area contributed by atoms with Crippen LogP contribution in [0.3, 0.4) is 0 Å². The van der Waals surface area contributed by atoms with Crippen LogP contribution in [0.5, 0.6) is 0 Å². The van der Waals surface area contributed by atoms with Gasteiger partial charge >= 0.3 is 11.9 Å². The number of esters is 2. The average Bonchev–Trinajstić information content (AvgIpc) is 2.89. The number of nitrogens with one attached hydrogen (secondary N) is 1. The minimum atomic E-state index is -1.05. The van der Waals surface area contributed by atoms with Gasteiger partial charge < -0.3 is 25.4 Å². The first-order chi connectivity index (χ1) is 19.1. The zero-order valence-electron chi connectivity index (χ0n) is 22.0. The van der Waals surface area contributed by atoms with Gasteiger partial charge in [-0.3, -0.25) is 4.90 Å². The van der Waals surface area contributed by atoms with E-state index in [1.807, 2.05) is 42.3 Å². The number of nitrogens with two attached hydrogens (primary N) is 1. The van der Waals surface area contributed by atoms with Crippen LogP contribution in [-0.4, -0.2) is 55.3 Å². The topological polar surface area (TPSA) is 146 Å². The van der Waals surface area contributed by atoms with E-state index >= 15 is 0 Å². The number of hydrogen-bond acceptors (Lipinski definition) is 10. The highest BCUT2D eigenvalue weighted by Crippen LogP contribution is 2.43. The molecule has 0 fully saturated rings. The summed E-state index contributed by atoms with van der Waals surface area (Å²) in [6.45, 7) is 2.37. The Hall–Kier alpha value is -3.80. The van der Waals surface area contributed by atoms with Gasteiger partial charge in [0.25, 0.3) is 5.09 Å². The van der Waals surface area contributed by atoms with E-state index in [1.165, 1.54) is 0 Å². The summed E-state index contributed by atoms with van der Waals surface area (Å²) in [7, 11) is 1.90. The summed E-state index contributed by atoms with van der Waals surface area (Å²) in [6, 6.07) is 14.7. The molecule has 0 aliphatic carbocycles. The Morgan fingerprint density at radius 1 is 1.02 bits per heavy atom. The highest BCUT2D eigenvalue weighted by atomic mass is 35.5. The molecule has 0 aromatic heterocycles. The molecule has 0 saturated carbocycles. The van der Waals surface area contributed by atoms with Crippen LogP contribution in [0.1, 0.15) is 30.4 Å². The highest BCUT2D eigenvalue weighted by Gasteiger charge is 2.40. The summed E-state index contributed by atoms with van der Waals surface area (Å²) in [5.74, 6) is -2.56. The Morgan fingerprint density at radius 3 is 2.40 bits per heavy atom.